The van der Waals surface area contributed by atoms with Gasteiger partial charge >= 0.3 is 6.03 Å². The quantitative estimate of drug-likeness (QED) is 0.798. The largest absolute Gasteiger partial charge is 0.388 e. The highest BCUT2D eigenvalue weighted by Crippen LogP contribution is 2.28. The van der Waals surface area contributed by atoms with Gasteiger partial charge in [-0.15, -0.1) is 11.3 Å². The predicted octanol–water partition coefficient (Wildman–Crippen LogP) is 3.14. The molecular weight excluding hydrogens is 324 g/mol. The highest BCUT2D eigenvalue weighted by molar-refractivity contribution is 7.19. The zero-order chi connectivity index (χ0) is 16.3. The maximum absolute atomic E-state index is 11.8. The molecule has 0 spiro atoms. The lowest BCUT2D eigenvalue weighted by atomic mass is 10.0. The summed E-state index contributed by atoms with van der Waals surface area (Å²) in [6, 6.07) is 2.79. The van der Waals surface area contributed by atoms with Crippen LogP contribution in [-0.2, 0) is 0 Å². The number of thiophene rings is 1. The van der Waals surface area contributed by atoms with Crippen molar-refractivity contribution in [1.29, 1.82) is 0 Å². The van der Waals surface area contributed by atoms with Crippen LogP contribution in [0.2, 0.25) is 4.34 Å². The zero-order valence-corrected chi connectivity index (χ0v) is 14.0. The SMILES string of the molecule is C[C@H](NC(=O)Nc1cnc(-c2ccc(Cl)s2)nc1)C(C)(C)O. The first kappa shape index (κ1) is 16.7. The molecule has 2 aromatic rings. The van der Waals surface area contributed by atoms with Gasteiger partial charge in [0.25, 0.3) is 0 Å². The number of anilines is 1. The molecule has 0 radical (unpaired) electrons. The Bertz CT molecular complexity index is 652. The van der Waals surface area contributed by atoms with Crippen LogP contribution in [-0.4, -0.2) is 32.7 Å². The molecule has 118 valence electrons. The first-order valence-corrected chi connectivity index (χ1v) is 7.83. The Morgan fingerprint density at radius 1 is 1.36 bits per heavy atom. The summed E-state index contributed by atoms with van der Waals surface area (Å²) in [5, 5.41) is 15.1. The topological polar surface area (TPSA) is 87.1 Å². The molecule has 0 aliphatic carbocycles. The van der Waals surface area contributed by atoms with Crippen molar-refractivity contribution < 1.29 is 9.90 Å². The van der Waals surface area contributed by atoms with Crippen LogP contribution in [0.4, 0.5) is 10.5 Å². The lowest BCUT2D eigenvalue weighted by Gasteiger charge is -2.26. The Labute approximate surface area is 137 Å². The molecule has 0 unspecified atom stereocenters. The molecule has 0 fully saturated rings. The molecule has 1 atom stereocenters. The molecule has 2 heterocycles. The van der Waals surface area contributed by atoms with E-state index < -0.39 is 17.7 Å². The number of halogens is 1. The molecule has 0 aliphatic rings. The molecule has 22 heavy (non-hydrogen) atoms. The van der Waals surface area contributed by atoms with Crippen molar-refractivity contribution in [3.8, 4) is 10.7 Å². The monoisotopic (exact) mass is 340 g/mol. The first-order chi connectivity index (χ1) is 10.3. The van der Waals surface area contributed by atoms with Crippen molar-refractivity contribution in [1.82, 2.24) is 15.3 Å². The van der Waals surface area contributed by atoms with Gasteiger partial charge in [-0.3, -0.25) is 0 Å². The van der Waals surface area contributed by atoms with Crippen molar-refractivity contribution in [2.45, 2.75) is 32.4 Å². The number of carbonyl (C=O) groups is 1. The van der Waals surface area contributed by atoms with Crippen molar-refractivity contribution in [3.63, 3.8) is 0 Å². The highest BCUT2D eigenvalue weighted by atomic mass is 35.5. The number of hydrogen-bond acceptors (Lipinski definition) is 5. The maximum Gasteiger partial charge on any atom is 0.319 e. The third-order valence-corrected chi connectivity index (χ3v) is 4.34. The minimum absolute atomic E-state index is 0.402. The lowest BCUT2D eigenvalue weighted by Crippen LogP contribution is -2.48. The first-order valence-electron chi connectivity index (χ1n) is 6.63. The van der Waals surface area contributed by atoms with Crippen LogP contribution in [0.1, 0.15) is 20.8 Å². The van der Waals surface area contributed by atoms with Gasteiger partial charge in [0.1, 0.15) is 0 Å². The van der Waals surface area contributed by atoms with Crippen LogP contribution in [0.3, 0.4) is 0 Å². The summed E-state index contributed by atoms with van der Waals surface area (Å²) in [5.74, 6) is 0.549. The molecule has 0 bridgehead atoms. The Hall–Kier alpha value is -1.70. The van der Waals surface area contributed by atoms with Gasteiger partial charge in [0.2, 0.25) is 0 Å². The van der Waals surface area contributed by atoms with E-state index in [9.17, 15) is 9.90 Å². The summed E-state index contributed by atoms with van der Waals surface area (Å²) >= 11 is 7.26. The zero-order valence-electron chi connectivity index (χ0n) is 12.4. The van der Waals surface area contributed by atoms with Crippen molar-refractivity contribution in [3.05, 3.63) is 28.9 Å². The molecule has 0 aliphatic heterocycles. The van der Waals surface area contributed by atoms with Crippen LogP contribution < -0.4 is 10.6 Å². The Kier molecular flexibility index (Phi) is 5.00. The van der Waals surface area contributed by atoms with Gasteiger partial charge < -0.3 is 15.7 Å². The number of rotatable bonds is 4. The molecule has 2 amide bonds. The number of nitrogens with zero attached hydrogens (tertiary/aromatic N) is 2. The molecular formula is C14H17ClN4O2S. The van der Waals surface area contributed by atoms with Crippen molar-refractivity contribution in [2.24, 2.45) is 0 Å². The maximum atomic E-state index is 11.8. The number of aromatic nitrogens is 2. The van der Waals surface area contributed by atoms with E-state index in [1.165, 1.54) is 23.7 Å². The summed E-state index contributed by atoms with van der Waals surface area (Å²) in [6.07, 6.45) is 3.04. The molecule has 3 N–H and O–H groups in total. The normalized spacial score (nSPS) is 12.8. The summed E-state index contributed by atoms with van der Waals surface area (Å²) in [7, 11) is 0. The van der Waals surface area contributed by atoms with Crippen LogP contribution >= 0.6 is 22.9 Å². The van der Waals surface area contributed by atoms with E-state index in [-0.39, 0.29) is 0 Å². The summed E-state index contributed by atoms with van der Waals surface area (Å²) in [5.41, 5.74) is -0.539. The third-order valence-electron chi connectivity index (χ3n) is 3.11. The van der Waals surface area contributed by atoms with Gasteiger partial charge in [-0.1, -0.05) is 11.6 Å². The van der Waals surface area contributed by atoms with Gasteiger partial charge in [0.05, 0.1) is 38.9 Å². The molecule has 0 aromatic carbocycles. The minimum atomic E-state index is -1.00. The Balaban J connectivity index is 1.98. The van der Waals surface area contributed by atoms with E-state index >= 15 is 0 Å². The van der Waals surface area contributed by atoms with Crippen LogP contribution in [0.15, 0.2) is 24.5 Å². The van der Waals surface area contributed by atoms with Gasteiger partial charge in [0.15, 0.2) is 5.82 Å². The van der Waals surface area contributed by atoms with Gasteiger partial charge in [-0.25, -0.2) is 14.8 Å². The predicted molar refractivity (Wildman–Crippen MR) is 88.3 cm³/mol. The van der Waals surface area contributed by atoms with Gasteiger partial charge in [-0.2, -0.15) is 0 Å². The highest BCUT2D eigenvalue weighted by Gasteiger charge is 2.23. The second-order valence-corrected chi connectivity index (χ2v) is 7.09. The fourth-order valence-corrected chi connectivity index (χ4v) is 2.49. The molecule has 0 saturated carbocycles. The fourth-order valence-electron chi connectivity index (χ4n) is 1.49. The van der Waals surface area contributed by atoms with Gasteiger partial charge in [0, 0.05) is 0 Å². The summed E-state index contributed by atoms with van der Waals surface area (Å²) in [6.45, 7) is 4.98. The Morgan fingerprint density at radius 2 is 2.00 bits per heavy atom. The van der Waals surface area contributed by atoms with E-state index in [1.807, 2.05) is 6.07 Å². The van der Waals surface area contributed by atoms with E-state index in [4.69, 9.17) is 11.6 Å². The molecule has 2 aromatic heterocycles. The van der Waals surface area contributed by atoms with Crippen LogP contribution in [0.25, 0.3) is 10.7 Å². The number of aliphatic hydroxyl groups is 1. The molecule has 8 heteroatoms. The number of nitrogens with one attached hydrogen (secondary N) is 2. The molecule has 2 rings (SSSR count). The number of hydrogen-bond donors (Lipinski definition) is 3. The average molecular weight is 341 g/mol. The average Bonchev–Trinajstić information content (AvgIpc) is 2.85. The fraction of sp³-hybridized carbons (Fsp3) is 0.357. The van der Waals surface area contributed by atoms with Crippen LogP contribution in [0, 0.1) is 0 Å². The van der Waals surface area contributed by atoms with E-state index in [0.717, 1.165) is 4.88 Å². The lowest BCUT2D eigenvalue weighted by molar-refractivity contribution is 0.0486. The third kappa shape index (κ3) is 4.40. The van der Waals surface area contributed by atoms with Crippen LogP contribution in [0.5, 0.6) is 0 Å². The summed E-state index contributed by atoms with van der Waals surface area (Å²) < 4.78 is 0.667. The Morgan fingerprint density at radius 3 is 2.50 bits per heavy atom. The van der Waals surface area contributed by atoms with Crippen molar-refractivity contribution in [2.75, 3.05) is 5.32 Å². The second-order valence-electron chi connectivity index (χ2n) is 5.37. The molecule has 0 saturated heterocycles. The van der Waals surface area contributed by atoms with Gasteiger partial charge in [-0.05, 0) is 32.9 Å². The van der Waals surface area contributed by atoms with Crippen molar-refractivity contribution >= 4 is 34.7 Å². The number of carbonyl (C=O) groups excluding carboxylic acids is 1. The molecule has 6 nitrogen and oxygen atoms in total. The summed E-state index contributed by atoms with van der Waals surface area (Å²) in [4.78, 5) is 21.1. The minimum Gasteiger partial charge on any atom is -0.388 e. The second kappa shape index (κ2) is 6.60. The van der Waals surface area contributed by atoms with E-state index in [1.54, 1.807) is 26.8 Å². The standard InChI is InChI=1S/C14H17ClN4O2S/c1-8(14(2,3)21)18-13(20)19-9-6-16-12(17-7-9)10-4-5-11(15)22-10/h4-8,21H,1-3H3,(H2,18,19,20)/t8-/m0/s1. The van der Waals surface area contributed by atoms with E-state index in [2.05, 4.69) is 20.6 Å². The van der Waals surface area contributed by atoms with E-state index in [0.29, 0.717) is 15.8 Å². The number of urea groups is 1. The number of amides is 2. The smallest absolute Gasteiger partial charge is 0.319 e.